The maximum absolute atomic E-state index is 14.0. The molecular weight excluding hydrogens is 380 g/mol. The molecule has 0 aromatic heterocycles. The lowest BCUT2D eigenvalue weighted by atomic mass is 10.0. The summed E-state index contributed by atoms with van der Waals surface area (Å²) in [4.78, 5) is 35.7. The van der Waals surface area contributed by atoms with Crippen molar-refractivity contribution in [3.63, 3.8) is 0 Å². The number of amides is 1. The van der Waals surface area contributed by atoms with Crippen LogP contribution in [0.15, 0.2) is 66.7 Å². The summed E-state index contributed by atoms with van der Waals surface area (Å²) in [7, 11) is 0. The highest BCUT2D eigenvalue weighted by Crippen LogP contribution is 2.20. The first-order chi connectivity index (χ1) is 13.8. The molecule has 1 N–H and O–H groups in total. The van der Waals surface area contributed by atoms with Crippen molar-refractivity contribution in [2.45, 2.75) is 6.92 Å². The van der Waals surface area contributed by atoms with Crippen molar-refractivity contribution in [3.8, 4) is 5.75 Å². The molecule has 0 aliphatic carbocycles. The van der Waals surface area contributed by atoms with Crippen LogP contribution in [0.4, 0.5) is 14.5 Å². The topological polar surface area (TPSA) is 72.5 Å². The number of anilines is 1. The number of carbonyl (C=O) groups is 3. The second-order valence-corrected chi connectivity index (χ2v) is 6.13. The molecule has 29 heavy (non-hydrogen) atoms. The van der Waals surface area contributed by atoms with Crippen LogP contribution in [0.25, 0.3) is 0 Å². The summed E-state index contributed by atoms with van der Waals surface area (Å²) < 4.78 is 32.1. The van der Waals surface area contributed by atoms with Crippen molar-refractivity contribution >= 4 is 23.3 Å². The Labute approximate surface area is 164 Å². The van der Waals surface area contributed by atoms with Crippen LogP contribution < -0.4 is 10.1 Å². The van der Waals surface area contributed by atoms with Gasteiger partial charge in [0.15, 0.2) is 5.78 Å². The molecule has 1 amide bonds. The number of ether oxygens (including phenoxy) is 1. The standard InChI is InChI=1S/C22H15F2NO4/c1-13(26)25-17-8-11-20(24)19(12-17)22(28)29-18-9-4-15(5-10-18)21(27)14-2-6-16(23)7-3-14/h2-12H,1H3,(H,25,26). The summed E-state index contributed by atoms with van der Waals surface area (Å²) in [5, 5.41) is 2.46. The van der Waals surface area contributed by atoms with Crippen LogP contribution in [0.5, 0.6) is 5.75 Å². The summed E-state index contributed by atoms with van der Waals surface area (Å²) in [6, 6.07) is 14.3. The number of hydrogen-bond acceptors (Lipinski definition) is 4. The Morgan fingerprint density at radius 1 is 0.828 bits per heavy atom. The number of halogens is 2. The van der Waals surface area contributed by atoms with Gasteiger partial charge in [0.25, 0.3) is 0 Å². The van der Waals surface area contributed by atoms with Crippen LogP contribution in [-0.4, -0.2) is 17.7 Å². The highest BCUT2D eigenvalue weighted by molar-refractivity contribution is 6.09. The van der Waals surface area contributed by atoms with Gasteiger partial charge in [-0.3, -0.25) is 9.59 Å². The normalized spacial score (nSPS) is 10.3. The van der Waals surface area contributed by atoms with Gasteiger partial charge in [-0.1, -0.05) is 0 Å². The molecule has 0 atom stereocenters. The maximum Gasteiger partial charge on any atom is 0.346 e. The summed E-state index contributed by atoms with van der Waals surface area (Å²) in [5.41, 5.74) is 0.539. The molecule has 3 aromatic rings. The first kappa shape index (κ1) is 19.9. The van der Waals surface area contributed by atoms with Crippen molar-refractivity contribution < 1.29 is 27.9 Å². The van der Waals surface area contributed by atoms with Gasteiger partial charge in [0.1, 0.15) is 17.4 Å². The van der Waals surface area contributed by atoms with Gasteiger partial charge in [-0.15, -0.1) is 0 Å². The van der Waals surface area contributed by atoms with Crippen molar-refractivity contribution in [3.05, 3.63) is 95.1 Å². The lowest BCUT2D eigenvalue weighted by Crippen LogP contribution is -2.13. The van der Waals surface area contributed by atoms with Gasteiger partial charge in [0, 0.05) is 23.7 Å². The quantitative estimate of drug-likeness (QED) is 0.396. The third kappa shape index (κ3) is 4.90. The van der Waals surface area contributed by atoms with E-state index in [0.717, 1.165) is 6.07 Å². The Morgan fingerprint density at radius 2 is 1.41 bits per heavy atom. The van der Waals surface area contributed by atoms with Crippen molar-refractivity contribution in [2.75, 3.05) is 5.32 Å². The van der Waals surface area contributed by atoms with E-state index in [1.807, 2.05) is 0 Å². The molecule has 0 spiro atoms. The van der Waals surface area contributed by atoms with E-state index in [1.165, 1.54) is 67.6 Å². The summed E-state index contributed by atoms with van der Waals surface area (Å²) in [5.74, 6) is -2.78. The Kier molecular flexibility index (Phi) is 5.78. The molecule has 0 unspecified atom stereocenters. The Balaban J connectivity index is 1.74. The molecule has 3 aromatic carbocycles. The van der Waals surface area contributed by atoms with Gasteiger partial charge in [-0.05, 0) is 66.7 Å². The van der Waals surface area contributed by atoms with Crippen LogP contribution in [-0.2, 0) is 4.79 Å². The molecule has 0 heterocycles. The first-order valence-corrected chi connectivity index (χ1v) is 8.53. The van der Waals surface area contributed by atoms with E-state index in [4.69, 9.17) is 4.74 Å². The number of nitrogens with one attached hydrogen (secondary N) is 1. The minimum atomic E-state index is -0.952. The molecule has 0 radical (unpaired) electrons. The molecule has 7 heteroatoms. The molecule has 0 aliphatic rings. The van der Waals surface area contributed by atoms with Gasteiger partial charge in [0.2, 0.25) is 5.91 Å². The molecule has 0 aliphatic heterocycles. The SMILES string of the molecule is CC(=O)Nc1ccc(F)c(C(=O)Oc2ccc(C(=O)c3ccc(F)cc3)cc2)c1. The Hall–Kier alpha value is -3.87. The number of esters is 1. The first-order valence-electron chi connectivity index (χ1n) is 8.53. The van der Waals surface area contributed by atoms with E-state index in [-0.39, 0.29) is 28.7 Å². The monoisotopic (exact) mass is 395 g/mol. The smallest absolute Gasteiger partial charge is 0.346 e. The maximum atomic E-state index is 14.0. The minimum absolute atomic E-state index is 0.106. The molecule has 0 saturated heterocycles. The second kappa shape index (κ2) is 8.43. The highest BCUT2D eigenvalue weighted by atomic mass is 19.1. The number of carbonyl (C=O) groups excluding carboxylic acids is 3. The molecular formula is C22H15F2NO4. The van der Waals surface area contributed by atoms with Crippen LogP contribution in [0.3, 0.4) is 0 Å². The minimum Gasteiger partial charge on any atom is -0.423 e. The van der Waals surface area contributed by atoms with Crippen molar-refractivity contribution in [2.24, 2.45) is 0 Å². The average Bonchev–Trinajstić information content (AvgIpc) is 2.69. The van der Waals surface area contributed by atoms with Crippen molar-refractivity contribution in [1.29, 1.82) is 0 Å². The zero-order valence-corrected chi connectivity index (χ0v) is 15.2. The van der Waals surface area contributed by atoms with Gasteiger partial charge < -0.3 is 10.1 Å². The molecule has 146 valence electrons. The van der Waals surface area contributed by atoms with E-state index in [1.54, 1.807) is 0 Å². The molecule has 0 bridgehead atoms. The highest BCUT2D eigenvalue weighted by Gasteiger charge is 2.16. The van der Waals surface area contributed by atoms with E-state index < -0.39 is 17.6 Å². The van der Waals surface area contributed by atoms with Crippen LogP contribution in [0, 0.1) is 11.6 Å². The molecule has 5 nitrogen and oxygen atoms in total. The average molecular weight is 395 g/mol. The fourth-order valence-corrected chi connectivity index (χ4v) is 2.57. The van der Waals surface area contributed by atoms with E-state index in [9.17, 15) is 23.2 Å². The van der Waals surface area contributed by atoms with E-state index >= 15 is 0 Å². The van der Waals surface area contributed by atoms with Gasteiger partial charge >= 0.3 is 5.97 Å². The lowest BCUT2D eigenvalue weighted by molar-refractivity contribution is -0.114. The van der Waals surface area contributed by atoms with Crippen LogP contribution in [0.2, 0.25) is 0 Å². The van der Waals surface area contributed by atoms with Crippen molar-refractivity contribution in [1.82, 2.24) is 0 Å². The number of rotatable bonds is 5. The van der Waals surface area contributed by atoms with Gasteiger partial charge in [-0.2, -0.15) is 0 Å². The number of ketones is 1. The third-order valence-corrected chi connectivity index (χ3v) is 3.94. The summed E-state index contributed by atoms with van der Waals surface area (Å²) >= 11 is 0. The largest absolute Gasteiger partial charge is 0.423 e. The van der Waals surface area contributed by atoms with Gasteiger partial charge in [-0.25, -0.2) is 13.6 Å². The van der Waals surface area contributed by atoms with Crippen LogP contribution in [0.1, 0.15) is 33.2 Å². The fraction of sp³-hybridized carbons (Fsp3) is 0.0455. The Morgan fingerprint density at radius 3 is 2.00 bits per heavy atom. The Bertz CT molecular complexity index is 1080. The zero-order valence-electron chi connectivity index (χ0n) is 15.2. The fourth-order valence-electron chi connectivity index (χ4n) is 2.57. The third-order valence-electron chi connectivity index (χ3n) is 3.94. The summed E-state index contributed by atoms with van der Waals surface area (Å²) in [6.45, 7) is 1.29. The second-order valence-electron chi connectivity index (χ2n) is 6.13. The molecule has 0 fully saturated rings. The van der Waals surface area contributed by atoms with E-state index in [0.29, 0.717) is 11.1 Å². The number of benzene rings is 3. The number of hydrogen-bond donors (Lipinski definition) is 1. The zero-order chi connectivity index (χ0) is 21.0. The lowest BCUT2D eigenvalue weighted by Gasteiger charge is -2.08. The van der Waals surface area contributed by atoms with Crippen LogP contribution >= 0.6 is 0 Å². The predicted molar refractivity (Wildman–Crippen MR) is 102 cm³/mol. The van der Waals surface area contributed by atoms with E-state index in [2.05, 4.69) is 5.32 Å². The summed E-state index contributed by atoms with van der Waals surface area (Å²) in [6.07, 6.45) is 0. The van der Waals surface area contributed by atoms with Gasteiger partial charge in [0.05, 0.1) is 5.56 Å². The molecule has 3 rings (SSSR count). The molecule has 0 saturated carbocycles. The predicted octanol–water partition coefficient (Wildman–Crippen LogP) is 4.37.